The highest BCUT2D eigenvalue weighted by molar-refractivity contribution is 6.18. The molecule has 0 bridgehead atoms. The molecule has 1 aliphatic rings. The Morgan fingerprint density at radius 1 is 0.909 bits per heavy atom. The van der Waals surface area contributed by atoms with Crippen LogP contribution in [-0.2, 0) is 35.2 Å². The Morgan fingerprint density at radius 3 is 2.15 bits per heavy atom. The number of para-hydroxylation sites is 1. The van der Waals surface area contributed by atoms with Gasteiger partial charge in [-0.25, -0.2) is 5.43 Å². The molecular weight excluding hydrogens is 708 g/mol. The van der Waals surface area contributed by atoms with Gasteiger partial charge in [0.15, 0.2) is 11.3 Å². The monoisotopic (exact) mass is 756 g/mol. The maximum atomic E-state index is 14.3. The van der Waals surface area contributed by atoms with Gasteiger partial charge in [0.2, 0.25) is 23.6 Å². The summed E-state index contributed by atoms with van der Waals surface area (Å²) in [4.78, 5) is 95.1. The summed E-state index contributed by atoms with van der Waals surface area (Å²) in [6.45, 7) is 4.52. The Balaban J connectivity index is 1.57. The standard InChI is InChI=1S/C39H48N8O8/c1-26(2)22-33(45(4)37(52)32-16-11-21-46(32)27(3)48)36(51)40-25-35(50)43-39(23-28-12-7-5-8-13-28,38(53)42-29-14-9-6-10-15-29)34(49)24-41-44-30-17-19-31(20-18-30)47(54)55/h5-10,12-15,17-20,26,32-33,41,44H,11,16,21-25H2,1-4H3,(H,40,51)(H,42,53)(H,43,50)/t32-,33-,39+/m0/s1. The molecule has 4 rings (SSSR count). The highest BCUT2D eigenvalue weighted by Gasteiger charge is 2.47. The molecule has 1 fully saturated rings. The SMILES string of the molecule is CC(=O)N1CCC[C@H]1C(=O)N(C)[C@@H](CC(C)C)C(=O)NCC(=O)N[C@](Cc1ccccc1)(C(=O)CNNc1ccc([N+](=O)[O-])cc1)C(=O)Nc1ccccc1. The normalized spacial score (nSPS) is 15.3. The fourth-order valence-electron chi connectivity index (χ4n) is 6.43. The van der Waals surface area contributed by atoms with E-state index in [1.807, 2.05) is 13.8 Å². The third-order valence-corrected chi connectivity index (χ3v) is 9.30. The smallest absolute Gasteiger partial charge is 0.269 e. The van der Waals surface area contributed by atoms with Gasteiger partial charge in [-0.1, -0.05) is 62.4 Å². The van der Waals surface area contributed by atoms with Gasteiger partial charge in [0.25, 0.3) is 11.6 Å². The fraction of sp³-hybridized carbons (Fsp3) is 0.385. The summed E-state index contributed by atoms with van der Waals surface area (Å²) in [6, 6.07) is 20.8. The van der Waals surface area contributed by atoms with Crippen molar-refractivity contribution in [3.8, 4) is 0 Å². The number of likely N-dealkylation sites (N-methyl/N-ethyl adjacent to an activating group) is 1. The number of carbonyl (C=O) groups is 6. The summed E-state index contributed by atoms with van der Waals surface area (Å²) in [6.07, 6.45) is 1.15. The first kappa shape index (κ1) is 41.6. The molecule has 0 unspecified atom stereocenters. The van der Waals surface area contributed by atoms with E-state index in [-0.39, 0.29) is 36.3 Å². The number of nitro groups is 1. The minimum Gasteiger partial charge on any atom is -0.345 e. The second kappa shape index (κ2) is 19.3. The van der Waals surface area contributed by atoms with Gasteiger partial charge in [0, 0.05) is 50.4 Å². The number of Topliss-reactive ketones (excluding diaryl/α,β-unsaturated/α-hetero) is 1. The Labute approximate surface area is 319 Å². The van der Waals surface area contributed by atoms with Crippen molar-refractivity contribution < 1.29 is 33.7 Å². The highest BCUT2D eigenvalue weighted by Crippen LogP contribution is 2.23. The summed E-state index contributed by atoms with van der Waals surface area (Å²) in [5.41, 5.74) is 4.51. The van der Waals surface area contributed by atoms with E-state index < -0.39 is 59.1 Å². The first-order valence-corrected chi connectivity index (χ1v) is 18.0. The Morgan fingerprint density at radius 2 is 1.55 bits per heavy atom. The number of amides is 5. The van der Waals surface area contributed by atoms with E-state index in [4.69, 9.17) is 0 Å². The first-order chi connectivity index (χ1) is 26.2. The van der Waals surface area contributed by atoms with Crippen LogP contribution in [0.3, 0.4) is 0 Å². The number of hydrogen-bond acceptors (Lipinski definition) is 10. The van der Waals surface area contributed by atoms with Gasteiger partial charge in [-0.2, -0.15) is 0 Å². The topological polar surface area (TPSA) is 212 Å². The van der Waals surface area contributed by atoms with Gasteiger partial charge in [-0.3, -0.25) is 38.9 Å². The van der Waals surface area contributed by atoms with Crippen LogP contribution >= 0.6 is 0 Å². The van der Waals surface area contributed by atoms with Crippen molar-refractivity contribution >= 4 is 52.4 Å². The Kier molecular flexibility index (Phi) is 14.6. The van der Waals surface area contributed by atoms with Gasteiger partial charge in [-0.05, 0) is 55.0 Å². The number of nitrogens with one attached hydrogen (secondary N) is 5. The maximum Gasteiger partial charge on any atom is 0.269 e. The number of nitrogens with zero attached hydrogens (tertiary/aromatic N) is 3. The first-order valence-electron chi connectivity index (χ1n) is 18.0. The summed E-state index contributed by atoms with van der Waals surface area (Å²) in [5.74, 6) is -3.66. The van der Waals surface area contributed by atoms with Crippen molar-refractivity contribution in [2.24, 2.45) is 5.92 Å². The third kappa shape index (κ3) is 11.2. The number of carbonyl (C=O) groups excluding carboxylic acids is 6. The number of anilines is 2. The fourth-order valence-corrected chi connectivity index (χ4v) is 6.43. The lowest BCUT2D eigenvalue weighted by molar-refractivity contribution is -0.384. The van der Waals surface area contributed by atoms with E-state index in [9.17, 15) is 38.9 Å². The average Bonchev–Trinajstić information content (AvgIpc) is 3.67. The summed E-state index contributed by atoms with van der Waals surface area (Å²) in [5, 5.41) is 19.0. The molecule has 16 heteroatoms. The molecule has 55 heavy (non-hydrogen) atoms. The van der Waals surface area contributed by atoms with Crippen LogP contribution in [0.4, 0.5) is 17.1 Å². The molecule has 0 aliphatic carbocycles. The quantitative estimate of drug-likeness (QED) is 0.0728. The summed E-state index contributed by atoms with van der Waals surface area (Å²) >= 11 is 0. The van der Waals surface area contributed by atoms with E-state index in [0.29, 0.717) is 36.3 Å². The van der Waals surface area contributed by atoms with Crippen LogP contribution in [0.25, 0.3) is 0 Å². The zero-order chi connectivity index (χ0) is 40.1. The van der Waals surface area contributed by atoms with Gasteiger partial charge < -0.3 is 31.2 Å². The van der Waals surface area contributed by atoms with Crippen molar-refractivity contribution in [1.29, 1.82) is 0 Å². The molecule has 3 aromatic rings. The number of likely N-dealkylation sites (tertiary alicyclic amines) is 1. The molecule has 1 saturated heterocycles. The maximum absolute atomic E-state index is 14.3. The van der Waals surface area contributed by atoms with Crippen molar-refractivity contribution in [1.82, 2.24) is 25.9 Å². The van der Waals surface area contributed by atoms with Crippen LogP contribution in [0.1, 0.15) is 45.6 Å². The molecule has 0 aromatic heterocycles. The minimum absolute atomic E-state index is 0.0164. The van der Waals surface area contributed by atoms with E-state index in [2.05, 4.69) is 26.8 Å². The number of hydrogen-bond donors (Lipinski definition) is 5. The Hall–Kier alpha value is -6.16. The summed E-state index contributed by atoms with van der Waals surface area (Å²) in [7, 11) is 1.50. The van der Waals surface area contributed by atoms with Crippen LogP contribution < -0.4 is 26.8 Å². The molecule has 3 aromatic carbocycles. The third-order valence-electron chi connectivity index (χ3n) is 9.30. The van der Waals surface area contributed by atoms with Gasteiger partial charge in [0.05, 0.1) is 18.0 Å². The second-order valence-electron chi connectivity index (χ2n) is 13.8. The number of non-ortho nitro benzene ring substituents is 1. The molecule has 1 heterocycles. The van der Waals surface area contributed by atoms with Gasteiger partial charge in [-0.15, -0.1) is 0 Å². The molecule has 16 nitrogen and oxygen atoms in total. The molecule has 1 aliphatic heterocycles. The largest absolute Gasteiger partial charge is 0.345 e. The van der Waals surface area contributed by atoms with Crippen LogP contribution in [0, 0.1) is 16.0 Å². The lowest BCUT2D eigenvalue weighted by Gasteiger charge is -2.34. The molecular formula is C39H48N8O8. The van der Waals surface area contributed by atoms with Crippen LogP contribution in [0.5, 0.6) is 0 Å². The number of benzene rings is 3. The van der Waals surface area contributed by atoms with Crippen molar-refractivity contribution in [3.63, 3.8) is 0 Å². The van der Waals surface area contributed by atoms with E-state index in [0.717, 1.165) is 0 Å². The number of hydrazine groups is 1. The van der Waals surface area contributed by atoms with Crippen molar-refractivity contribution in [2.45, 2.75) is 64.1 Å². The van der Waals surface area contributed by atoms with E-state index in [1.165, 1.54) is 48.0 Å². The van der Waals surface area contributed by atoms with Gasteiger partial charge in [0.1, 0.15) is 12.1 Å². The lowest BCUT2D eigenvalue weighted by atomic mass is 9.84. The molecule has 5 amide bonds. The molecule has 0 radical (unpaired) electrons. The Bertz CT molecular complexity index is 1840. The van der Waals surface area contributed by atoms with Gasteiger partial charge >= 0.3 is 0 Å². The zero-order valence-corrected chi connectivity index (χ0v) is 31.4. The molecule has 5 N–H and O–H groups in total. The molecule has 3 atom stereocenters. The predicted molar refractivity (Wildman–Crippen MR) is 205 cm³/mol. The van der Waals surface area contributed by atoms with E-state index in [1.54, 1.807) is 60.7 Å². The average molecular weight is 757 g/mol. The molecule has 292 valence electrons. The molecule has 0 saturated carbocycles. The number of nitro benzene ring substituents is 1. The van der Waals surface area contributed by atoms with Crippen molar-refractivity contribution in [3.05, 3.63) is 101 Å². The minimum atomic E-state index is -2.20. The zero-order valence-electron chi connectivity index (χ0n) is 31.4. The molecule has 0 spiro atoms. The number of rotatable bonds is 18. The predicted octanol–water partition coefficient (Wildman–Crippen LogP) is 2.82. The van der Waals surface area contributed by atoms with Crippen LogP contribution in [-0.4, -0.2) is 94.3 Å². The second-order valence-corrected chi connectivity index (χ2v) is 13.8. The van der Waals surface area contributed by atoms with Crippen LogP contribution in [0.2, 0.25) is 0 Å². The number of ketones is 1. The van der Waals surface area contributed by atoms with Crippen LogP contribution in [0.15, 0.2) is 84.9 Å². The summed E-state index contributed by atoms with van der Waals surface area (Å²) < 4.78 is 0. The van der Waals surface area contributed by atoms with E-state index >= 15 is 0 Å². The lowest BCUT2D eigenvalue weighted by Crippen LogP contribution is -2.66. The van der Waals surface area contributed by atoms with Crippen molar-refractivity contribution in [2.75, 3.05) is 37.4 Å². The highest BCUT2D eigenvalue weighted by atomic mass is 16.6.